The second-order valence-corrected chi connectivity index (χ2v) is 9.50. The molecule has 8 heteroatoms. The van der Waals surface area contributed by atoms with Gasteiger partial charge < -0.3 is 14.8 Å². The third-order valence-corrected chi connectivity index (χ3v) is 5.99. The summed E-state index contributed by atoms with van der Waals surface area (Å²) in [5, 5.41) is 14.4. The number of ether oxygens (including phenoxy) is 2. The van der Waals surface area contributed by atoms with E-state index in [-0.39, 0.29) is 28.9 Å². The van der Waals surface area contributed by atoms with Gasteiger partial charge in [-0.05, 0) is 36.0 Å². The van der Waals surface area contributed by atoms with E-state index in [4.69, 9.17) is 9.47 Å². The van der Waals surface area contributed by atoms with E-state index in [2.05, 4.69) is 26.1 Å². The maximum Gasteiger partial charge on any atom is 0.337 e. The number of nitrogens with one attached hydrogen (secondary N) is 1. The fourth-order valence-corrected chi connectivity index (χ4v) is 4.12. The van der Waals surface area contributed by atoms with E-state index in [0.29, 0.717) is 17.0 Å². The van der Waals surface area contributed by atoms with Gasteiger partial charge in [-0.25, -0.2) is 9.59 Å². The highest BCUT2D eigenvalue weighted by Crippen LogP contribution is 2.40. The van der Waals surface area contributed by atoms with Crippen LogP contribution in [-0.4, -0.2) is 24.0 Å². The predicted octanol–water partition coefficient (Wildman–Crippen LogP) is 5.04. The first-order valence-corrected chi connectivity index (χ1v) is 11.2. The zero-order valence-electron chi connectivity index (χ0n) is 20.8. The molecule has 1 aliphatic heterocycles. The number of nitrogens with zero attached hydrogens (tertiary/aromatic N) is 1. The van der Waals surface area contributed by atoms with Gasteiger partial charge in [0.05, 0.1) is 29.1 Å². The molecule has 1 aliphatic rings. The number of hydrogen-bond acceptors (Lipinski definition) is 7. The molecule has 0 aromatic heterocycles. The van der Waals surface area contributed by atoms with Crippen LogP contribution in [0.15, 0.2) is 71.1 Å². The molecule has 35 heavy (non-hydrogen) atoms. The Kier molecular flexibility index (Phi) is 7.43. The number of carbonyl (C=O) groups excluding carboxylic acids is 2. The molecule has 0 fully saturated rings. The van der Waals surface area contributed by atoms with Crippen LogP contribution < -0.4 is 5.32 Å². The highest BCUT2D eigenvalue weighted by atomic mass is 16.6. The number of dihydropyridines is 1. The van der Waals surface area contributed by atoms with Gasteiger partial charge in [0.1, 0.15) is 6.61 Å². The number of nitro benzene ring substituents is 1. The van der Waals surface area contributed by atoms with E-state index in [0.717, 1.165) is 11.1 Å². The Morgan fingerprint density at radius 1 is 1.00 bits per heavy atom. The molecule has 1 heterocycles. The molecule has 1 N–H and O–H groups in total. The van der Waals surface area contributed by atoms with Crippen LogP contribution in [0.25, 0.3) is 0 Å². The Morgan fingerprint density at radius 2 is 1.60 bits per heavy atom. The molecule has 0 bridgehead atoms. The van der Waals surface area contributed by atoms with Gasteiger partial charge in [0, 0.05) is 23.5 Å². The minimum atomic E-state index is -0.889. The molecule has 0 spiro atoms. The zero-order chi connectivity index (χ0) is 25.9. The summed E-state index contributed by atoms with van der Waals surface area (Å²) >= 11 is 0. The first-order valence-electron chi connectivity index (χ1n) is 11.2. The van der Waals surface area contributed by atoms with Crippen molar-refractivity contribution in [2.75, 3.05) is 7.11 Å². The van der Waals surface area contributed by atoms with Gasteiger partial charge in [0.15, 0.2) is 0 Å². The Bertz CT molecular complexity index is 1220. The Hall–Kier alpha value is -3.94. The number of allylic oxidation sites excluding steroid dienone is 2. The number of benzene rings is 2. The second-order valence-electron chi connectivity index (χ2n) is 9.50. The SMILES string of the molecule is COC(=O)C1=C(C)NC(C)=C(C(=O)OCc2ccc(C(C)(C)C)cc2)C1c1cccc([N+](=O)[O-])c1. The first-order chi connectivity index (χ1) is 16.4. The largest absolute Gasteiger partial charge is 0.466 e. The molecule has 0 saturated heterocycles. The standard InChI is InChI=1S/C27H30N2O6/c1-16-22(25(30)34-6)24(19-8-7-9-21(14-19)29(32)33)23(17(2)28-16)26(31)35-15-18-10-12-20(13-11-18)27(3,4)5/h7-14,24,28H,15H2,1-6H3. The molecule has 3 rings (SSSR count). The third kappa shape index (κ3) is 5.59. The lowest BCUT2D eigenvalue weighted by Crippen LogP contribution is -2.32. The third-order valence-electron chi connectivity index (χ3n) is 5.99. The maximum absolute atomic E-state index is 13.3. The van der Waals surface area contributed by atoms with E-state index in [1.165, 1.54) is 25.3 Å². The number of hydrogen-bond donors (Lipinski definition) is 1. The van der Waals surface area contributed by atoms with Gasteiger partial charge in [-0.3, -0.25) is 10.1 Å². The minimum Gasteiger partial charge on any atom is -0.466 e. The second kappa shape index (κ2) is 10.1. The van der Waals surface area contributed by atoms with Crippen molar-refractivity contribution in [1.29, 1.82) is 0 Å². The van der Waals surface area contributed by atoms with Crippen molar-refractivity contribution in [2.24, 2.45) is 0 Å². The van der Waals surface area contributed by atoms with Gasteiger partial charge in [-0.2, -0.15) is 0 Å². The van der Waals surface area contributed by atoms with Gasteiger partial charge in [-0.1, -0.05) is 57.2 Å². The molecule has 0 aliphatic carbocycles. The lowest BCUT2D eigenvalue weighted by atomic mass is 9.80. The molecule has 184 valence electrons. The van der Waals surface area contributed by atoms with Crippen LogP contribution in [-0.2, 0) is 31.1 Å². The quantitative estimate of drug-likeness (QED) is 0.352. The van der Waals surface area contributed by atoms with E-state index in [1.807, 2.05) is 24.3 Å². The highest BCUT2D eigenvalue weighted by Gasteiger charge is 2.38. The molecular formula is C27H30N2O6. The summed E-state index contributed by atoms with van der Waals surface area (Å²) < 4.78 is 10.6. The summed E-state index contributed by atoms with van der Waals surface area (Å²) in [5.74, 6) is -2.15. The number of rotatable bonds is 6. The summed E-state index contributed by atoms with van der Waals surface area (Å²) in [6.07, 6.45) is 0. The number of nitro groups is 1. The number of esters is 2. The van der Waals surface area contributed by atoms with Crippen molar-refractivity contribution in [3.05, 3.63) is 97.9 Å². The van der Waals surface area contributed by atoms with E-state index in [9.17, 15) is 19.7 Å². The summed E-state index contributed by atoms with van der Waals surface area (Å²) in [4.78, 5) is 36.9. The van der Waals surface area contributed by atoms with E-state index < -0.39 is 22.8 Å². The summed E-state index contributed by atoms with van der Waals surface area (Å²) in [6.45, 7) is 9.80. The van der Waals surface area contributed by atoms with Crippen LogP contribution in [0, 0.1) is 10.1 Å². The molecule has 1 unspecified atom stereocenters. The van der Waals surface area contributed by atoms with Crippen molar-refractivity contribution in [1.82, 2.24) is 5.32 Å². The smallest absolute Gasteiger partial charge is 0.337 e. The van der Waals surface area contributed by atoms with Crippen molar-refractivity contribution in [2.45, 2.75) is 52.6 Å². The van der Waals surface area contributed by atoms with Crippen molar-refractivity contribution in [3.8, 4) is 0 Å². The number of non-ortho nitro benzene ring substituents is 1. The monoisotopic (exact) mass is 478 g/mol. The number of methoxy groups -OCH3 is 1. The predicted molar refractivity (Wildman–Crippen MR) is 131 cm³/mol. The molecule has 0 amide bonds. The molecule has 8 nitrogen and oxygen atoms in total. The average Bonchev–Trinajstić information content (AvgIpc) is 2.81. The van der Waals surface area contributed by atoms with E-state index in [1.54, 1.807) is 19.9 Å². The van der Waals surface area contributed by atoms with Crippen molar-refractivity contribution in [3.63, 3.8) is 0 Å². The fraction of sp³-hybridized carbons (Fsp3) is 0.333. The van der Waals surface area contributed by atoms with Gasteiger partial charge >= 0.3 is 11.9 Å². The van der Waals surface area contributed by atoms with Crippen LogP contribution in [0.1, 0.15) is 57.2 Å². The average molecular weight is 479 g/mol. The lowest BCUT2D eigenvalue weighted by Gasteiger charge is -2.30. The molecule has 2 aromatic carbocycles. The van der Waals surface area contributed by atoms with Gasteiger partial charge in [0.2, 0.25) is 0 Å². The summed E-state index contributed by atoms with van der Waals surface area (Å²) in [6, 6.07) is 13.7. The Balaban J connectivity index is 1.96. The molecule has 0 radical (unpaired) electrons. The van der Waals surface area contributed by atoms with Crippen LogP contribution in [0.2, 0.25) is 0 Å². The van der Waals surface area contributed by atoms with Crippen LogP contribution in [0.4, 0.5) is 5.69 Å². The molecule has 2 aromatic rings. The lowest BCUT2D eigenvalue weighted by molar-refractivity contribution is -0.384. The van der Waals surface area contributed by atoms with E-state index >= 15 is 0 Å². The Morgan fingerprint density at radius 3 is 2.14 bits per heavy atom. The fourth-order valence-electron chi connectivity index (χ4n) is 4.12. The van der Waals surface area contributed by atoms with Gasteiger partial charge in [0.25, 0.3) is 5.69 Å². The molecule has 1 atom stereocenters. The normalized spacial score (nSPS) is 16.0. The molecule has 0 saturated carbocycles. The van der Waals surface area contributed by atoms with Crippen LogP contribution >= 0.6 is 0 Å². The van der Waals surface area contributed by atoms with Crippen LogP contribution in [0.5, 0.6) is 0 Å². The van der Waals surface area contributed by atoms with Crippen molar-refractivity contribution >= 4 is 17.6 Å². The first kappa shape index (κ1) is 25.7. The van der Waals surface area contributed by atoms with Crippen molar-refractivity contribution < 1.29 is 24.0 Å². The zero-order valence-corrected chi connectivity index (χ0v) is 20.8. The minimum absolute atomic E-state index is 0.00486. The highest BCUT2D eigenvalue weighted by molar-refractivity contribution is 5.99. The summed E-state index contributed by atoms with van der Waals surface area (Å²) in [7, 11) is 1.25. The maximum atomic E-state index is 13.3. The van der Waals surface area contributed by atoms with Gasteiger partial charge in [-0.15, -0.1) is 0 Å². The number of carbonyl (C=O) groups is 2. The summed E-state index contributed by atoms with van der Waals surface area (Å²) in [5.41, 5.74) is 3.65. The topological polar surface area (TPSA) is 108 Å². The molecular weight excluding hydrogens is 448 g/mol. The Labute approximate surface area is 204 Å². The van der Waals surface area contributed by atoms with Crippen LogP contribution in [0.3, 0.4) is 0 Å².